The molecule has 3 aliphatic rings. The van der Waals surface area contributed by atoms with E-state index >= 15 is 0 Å². The Labute approximate surface area is 225 Å². The summed E-state index contributed by atoms with van der Waals surface area (Å²) in [7, 11) is 2.18. The van der Waals surface area contributed by atoms with Crippen molar-refractivity contribution in [2.24, 2.45) is 4.99 Å². The summed E-state index contributed by atoms with van der Waals surface area (Å²) in [5.74, 6) is 0. The van der Waals surface area contributed by atoms with Gasteiger partial charge in [-0.25, -0.2) is 0 Å². The van der Waals surface area contributed by atoms with Gasteiger partial charge in [0, 0.05) is 56.6 Å². The Kier molecular flexibility index (Phi) is 8.95. The Morgan fingerprint density at radius 1 is 1.38 bits per heavy atom. The van der Waals surface area contributed by atoms with Crippen molar-refractivity contribution in [2.45, 2.75) is 45.6 Å². The molecule has 0 saturated carbocycles. The van der Waals surface area contributed by atoms with Crippen molar-refractivity contribution in [3.8, 4) is 0 Å². The van der Waals surface area contributed by atoms with Gasteiger partial charge in [0.1, 0.15) is 0 Å². The third-order valence-electron chi connectivity index (χ3n) is 7.18. The molecular formula is C32H43N5. The van der Waals surface area contributed by atoms with Crippen molar-refractivity contribution in [3.05, 3.63) is 107 Å². The monoisotopic (exact) mass is 497 g/mol. The lowest BCUT2D eigenvalue weighted by atomic mass is 9.83. The minimum absolute atomic E-state index is 0. The van der Waals surface area contributed by atoms with Gasteiger partial charge in [-0.05, 0) is 100 Å². The molecule has 1 fully saturated rings. The first-order chi connectivity index (χ1) is 18.1. The number of dihydropyridines is 1. The van der Waals surface area contributed by atoms with Crippen molar-refractivity contribution in [2.75, 3.05) is 26.7 Å². The zero-order valence-corrected chi connectivity index (χ0v) is 22.5. The van der Waals surface area contributed by atoms with Crippen molar-refractivity contribution >= 4 is 17.4 Å². The quantitative estimate of drug-likeness (QED) is 0.330. The molecule has 1 saturated heterocycles. The second kappa shape index (κ2) is 12.5. The topological polar surface area (TPSA) is 52.5 Å². The molecule has 1 aromatic rings. The van der Waals surface area contributed by atoms with Crippen LogP contribution in [-0.2, 0) is 6.42 Å². The number of nitrogens with one attached hydrogen (secondary N) is 2. The van der Waals surface area contributed by atoms with Crippen LogP contribution in [0.1, 0.15) is 52.8 Å². The normalized spacial score (nSPS) is 19.9. The van der Waals surface area contributed by atoms with Crippen LogP contribution in [0.15, 0.2) is 95.3 Å². The summed E-state index contributed by atoms with van der Waals surface area (Å²) >= 11 is 0. The van der Waals surface area contributed by atoms with Crippen LogP contribution < -0.4 is 10.6 Å². The first-order valence-electron chi connectivity index (χ1n) is 13.3. The summed E-state index contributed by atoms with van der Waals surface area (Å²) < 4.78 is 0. The number of aliphatic imine (C=N–C) groups is 1. The molecule has 0 atom stereocenters. The number of piperidine rings is 1. The van der Waals surface area contributed by atoms with Crippen LogP contribution in [0.3, 0.4) is 0 Å². The number of hydrogen-bond donors (Lipinski definition) is 2. The van der Waals surface area contributed by atoms with E-state index in [0.717, 1.165) is 79.1 Å². The lowest BCUT2D eigenvalue weighted by molar-refractivity contribution is 0.242. The van der Waals surface area contributed by atoms with Crippen LogP contribution in [0.25, 0.3) is 11.1 Å². The van der Waals surface area contributed by atoms with Gasteiger partial charge < -0.3 is 15.5 Å². The fraction of sp³-hybridized carbons (Fsp3) is 0.344. The summed E-state index contributed by atoms with van der Waals surface area (Å²) in [5, 5.41) is 7.12. The van der Waals surface area contributed by atoms with Gasteiger partial charge in [-0.2, -0.15) is 0 Å². The van der Waals surface area contributed by atoms with E-state index in [9.17, 15) is 0 Å². The molecule has 1 aliphatic carbocycles. The molecule has 0 amide bonds. The van der Waals surface area contributed by atoms with Crippen molar-refractivity contribution in [1.82, 2.24) is 20.5 Å². The van der Waals surface area contributed by atoms with E-state index in [1.807, 2.05) is 24.7 Å². The van der Waals surface area contributed by atoms with Gasteiger partial charge in [0.2, 0.25) is 0 Å². The van der Waals surface area contributed by atoms with Gasteiger partial charge in [-0.1, -0.05) is 31.4 Å². The van der Waals surface area contributed by atoms with E-state index in [1.54, 1.807) is 0 Å². The fourth-order valence-corrected chi connectivity index (χ4v) is 5.16. The molecule has 3 heterocycles. The Bertz CT molecular complexity index is 1270. The molecule has 5 heteroatoms. The van der Waals surface area contributed by atoms with Gasteiger partial charge in [0.25, 0.3) is 0 Å². The van der Waals surface area contributed by atoms with Gasteiger partial charge in [0.05, 0.1) is 5.70 Å². The standard InChI is InChI=1S/C32H39N5.2H2/c1-6-23(22-33-9-4)28-14-18-34-30-12-10-11-27(32(28)30)24-13-17-35-31(21-24)26(7-2)29(8-3)36-25-15-19-37(5)20-16-25;;/h6-7,11,13-14,17-18,21-22,25,35-36H,2-3,9-10,12,15-16,19-20H2,1,4-5H3;2*1H/b23-6+,31-26+,33-22?;;. The highest BCUT2D eigenvalue weighted by Gasteiger charge is 2.23. The minimum Gasteiger partial charge on any atom is -0.375 e. The molecule has 0 bridgehead atoms. The highest BCUT2D eigenvalue weighted by atomic mass is 15.1. The predicted octanol–water partition coefficient (Wildman–Crippen LogP) is 6.23. The molecule has 5 nitrogen and oxygen atoms in total. The lowest BCUT2D eigenvalue weighted by Gasteiger charge is -2.31. The second-order valence-electron chi connectivity index (χ2n) is 9.59. The van der Waals surface area contributed by atoms with Crippen molar-refractivity contribution in [3.63, 3.8) is 0 Å². The summed E-state index contributed by atoms with van der Waals surface area (Å²) in [4.78, 5) is 11.7. The molecule has 0 unspecified atom stereocenters. The van der Waals surface area contributed by atoms with Crippen LogP contribution in [0.4, 0.5) is 0 Å². The van der Waals surface area contributed by atoms with Gasteiger partial charge in [-0.15, -0.1) is 5.73 Å². The van der Waals surface area contributed by atoms with E-state index in [4.69, 9.17) is 4.98 Å². The third kappa shape index (κ3) is 6.02. The average Bonchev–Trinajstić information content (AvgIpc) is 2.94. The summed E-state index contributed by atoms with van der Waals surface area (Å²) in [6.45, 7) is 15.2. The summed E-state index contributed by atoms with van der Waals surface area (Å²) in [6.07, 6.45) is 20.7. The van der Waals surface area contributed by atoms with E-state index in [1.165, 1.54) is 16.7 Å². The van der Waals surface area contributed by atoms with E-state index in [-0.39, 0.29) is 2.85 Å². The van der Waals surface area contributed by atoms with Crippen LogP contribution in [0, 0.1) is 0 Å². The van der Waals surface area contributed by atoms with E-state index in [0.29, 0.717) is 6.04 Å². The Morgan fingerprint density at radius 2 is 2.19 bits per heavy atom. The highest BCUT2D eigenvalue weighted by Crippen LogP contribution is 2.37. The fourth-order valence-electron chi connectivity index (χ4n) is 5.16. The molecule has 0 radical (unpaired) electrons. The van der Waals surface area contributed by atoms with E-state index in [2.05, 4.69) is 90.7 Å². The van der Waals surface area contributed by atoms with Gasteiger partial charge in [0.15, 0.2) is 0 Å². The Hall–Kier alpha value is -3.66. The van der Waals surface area contributed by atoms with Gasteiger partial charge >= 0.3 is 0 Å². The molecule has 2 N–H and O–H groups in total. The maximum absolute atomic E-state index is 4.76. The zero-order chi connectivity index (χ0) is 26.2. The second-order valence-corrected chi connectivity index (χ2v) is 9.59. The van der Waals surface area contributed by atoms with Crippen LogP contribution >= 0.6 is 0 Å². The number of nitrogens with zero attached hydrogens (tertiary/aromatic N) is 3. The molecule has 37 heavy (non-hydrogen) atoms. The highest BCUT2D eigenvalue weighted by molar-refractivity contribution is 6.12. The number of allylic oxidation sites excluding steroid dienone is 8. The molecule has 1 aromatic heterocycles. The zero-order valence-electron chi connectivity index (χ0n) is 22.5. The first-order valence-corrected chi connectivity index (χ1v) is 13.3. The number of fused-ring (bicyclic) bond motifs is 1. The average molecular weight is 498 g/mol. The smallest absolute Gasteiger partial charge is 0.0864 e. The molecule has 0 aromatic carbocycles. The number of aromatic nitrogens is 1. The number of aryl methyl sites for hydroxylation is 1. The van der Waals surface area contributed by atoms with Crippen LogP contribution in [-0.4, -0.2) is 48.8 Å². The molecule has 196 valence electrons. The molecular weight excluding hydrogens is 454 g/mol. The van der Waals surface area contributed by atoms with E-state index < -0.39 is 0 Å². The summed E-state index contributed by atoms with van der Waals surface area (Å²) in [6, 6.07) is 2.51. The Morgan fingerprint density at radius 3 is 2.89 bits per heavy atom. The Balaban J connectivity index is 0.00000267. The predicted molar refractivity (Wildman–Crippen MR) is 161 cm³/mol. The van der Waals surface area contributed by atoms with Crippen molar-refractivity contribution in [1.29, 1.82) is 0 Å². The van der Waals surface area contributed by atoms with Gasteiger partial charge in [-0.3, -0.25) is 9.98 Å². The first kappa shape index (κ1) is 26.4. The lowest BCUT2D eigenvalue weighted by Crippen LogP contribution is -2.40. The SMILES string of the molecule is C=C=C(NC1CCN(C)CC1)/C(C=C)=C1\C=C(C2=CCCc3nccc(/C(C=NCC)=C/C)c32)C=CN1.[HH].[HH]. The van der Waals surface area contributed by atoms with Crippen LogP contribution in [0.5, 0.6) is 0 Å². The number of hydrogen-bond acceptors (Lipinski definition) is 5. The molecule has 2 aliphatic heterocycles. The van der Waals surface area contributed by atoms with Crippen molar-refractivity contribution < 1.29 is 2.85 Å². The third-order valence-corrected chi connectivity index (χ3v) is 7.18. The molecule has 4 rings (SSSR count). The van der Waals surface area contributed by atoms with Crippen LogP contribution in [0.2, 0.25) is 0 Å². The minimum atomic E-state index is 0. The number of pyridine rings is 1. The number of rotatable bonds is 8. The maximum atomic E-state index is 4.76. The largest absolute Gasteiger partial charge is 0.375 e. The summed E-state index contributed by atoms with van der Waals surface area (Å²) in [5.41, 5.74) is 13.0. The maximum Gasteiger partial charge on any atom is 0.0864 e. The molecule has 0 spiro atoms. The number of likely N-dealkylation sites (tertiary alicyclic amines) is 1.